The van der Waals surface area contributed by atoms with Crippen LogP contribution in [0.4, 0.5) is 0 Å². The highest BCUT2D eigenvalue weighted by atomic mass is 32.2. The maximum atomic E-state index is 14.0. The molecule has 0 saturated carbocycles. The number of sulfonamides is 1. The minimum Gasteiger partial charge on any atom is -0.462 e. The topological polar surface area (TPSA) is 134 Å². The zero-order valence-corrected chi connectivity index (χ0v) is 22.4. The van der Waals surface area contributed by atoms with E-state index in [1.54, 1.807) is 32.9 Å². The highest BCUT2D eigenvalue weighted by Gasteiger charge is 2.25. The van der Waals surface area contributed by atoms with Gasteiger partial charge in [-0.3, -0.25) is 14.2 Å². The number of carbonyl (C=O) groups excluding carboxylic acids is 2. The average molecular weight is 530 g/mol. The molecule has 0 aliphatic rings. The van der Waals surface area contributed by atoms with Gasteiger partial charge in [0, 0.05) is 6.42 Å². The van der Waals surface area contributed by atoms with Gasteiger partial charge in [0.15, 0.2) is 5.82 Å². The molecule has 0 radical (unpaired) electrons. The molecule has 0 atom stereocenters. The van der Waals surface area contributed by atoms with E-state index in [1.165, 1.54) is 25.2 Å². The molecule has 198 valence electrons. The normalized spacial score (nSPS) is 11.5. The van der Waals surface area contributed by atoms with E-state index in [0.717, 1.165) is 11.0 Å². The van der Waals surface area contributed by atoms with Crippen LogP contribution in [0.2, 0.25) is 0 Å². The number of nitrogens with one attached hydrogen (secondary N) is 1. The van der Waals surface area contributed by atoms with Crippen molar-refractivity contribution in [1.29, 1.82) is 0 Å². The number of carbonyl (C=O) groups is 2. The summed E-state index contributed by atoms with van der Waals surface area (Å²) < 4.78 is 39.6. The van der Waals surface area contributed by atoms with Gasteiger partial charge in [0.25, 0.3) is 5.56 Å². The van der Waals surface area contributed by atoms with Gasteiger partial charge in [0.2, 0.25) is 10.0 Å². The number of nitrogens with zero attached hydrogens (tertiary/aromatic N) is 2. The van der Waals surface area contributed by atoms with Crippen molar-refractivity contribution >= 4 is 32.9 Å². The predicted octanol–water partition coefficient (Wildman–Crippen LogP) is 3.32. The van der Waals surface area contributed by atoms with Crippen LogP contribution in [-0.2, 0) is 30.9 Å². The van der Waals surface area contributed by atoms with Crippen molar-refractivity contribution in [1.82, 2.24) is 14.3 Å². The summed E-state index contributed by atoms with van der Waals surface area (Å²) >= 11 is 0. The Morgan fingerprint density at radius 1 is 1.11 bits per heavy atom. The number of aryl methyl sites for hydroxylation is 2. The first-order valence-electron chi connectivity index (χ1n) is 12.0. The predicted molar refractivity (Wildman–Crippen MR) is 138 cm³/mol. The van der Waals surface area contributed by atoms with Gasteiger partial charge in [-0.1, -0.05) is 25.5 Å². The zero-order chi connectivity index (χ0) is 27.3. The van der Waals surface area contributed by atoms with E-state index in [2.05, 4.69) is 9.71 Å². The van der Waals surface area contributed by atoms with Crippen LogP contribution in [0.1, 0.15) is 60.4 Å². The number of rotatable bonds is 10. The number of unbranched alkanes of at least 4 members (excludes halogenated alkanes) is 1. The molecule has 0 aliphatic heterocycles. The van der Waals surface area contributed by atoms with E-state index < -0.39 is 27.5 Å². The minimum atomic E-state index is -3.97. The molecular weight excluding hydrogens is 498 g/mol. The number of ether oxygens (including phenoxy) is 2. The quantitative estimate of drug-likeness (QED) is 0.396. The van der Waals surface area contributed by atoms with E-state index in [9.17, 15) is 22.8 Å². The fraction of sp³-hybridized carbons (Fsp3) is 0.385. The third-order valence-electron chi connectivity index (χ3n) is 5.92. The van der Waals surface area contributed by atoms with Gasteiger partial charge in [0.1, 0.15) is 11.5 Å². The molecule has 0 unspecified atom stereocenters. The van der Waals surface area contributed by atoms with Crippen molar-refractivity contribution in [2.24, 2.45) is 0 Å². The van der Waals surface area contributed by atoms with E-state index >= 15 is 0 Å². The Labute approximate surface area is 215 Å². The fourth-order valence-corrected chi connectivity index (χ4v) is 5.03. The van der Waals surface area contributed by atoms with Crippen LogP contribution in [-0.4, -0.2) is 43.6 Å². The monoisotopic (exact) mass is 529 g/mol. The van der Waals surface area contributed by atoms with Crippen molar-refractivity contribution in [3.63, 3.8) is 0 Å². The number of fused-ring (bicyclic) bond motifs is 1. The first kappa shape index (κ1) is 28.0. The molecule has 1 N–H and O–H groups in total. The second kappa shape index (κ2) is 11.7. The summed E-state index contributed by atoms with van der Waals surface area (Å²) in [5, 5.41) is 0.131. The minimum absolute atomic E-state index is 0.0357. The largest absolute Gasteiger partial charge is 0.462 e. The van der Waals surface area contributed by atoms with Gasteiger partial charge in [-0.05, 0) is 63.6 Å². The molecule has 3 rings (SSSR count). The van der Waals surface area contributed by atoms with E-state index in [4.69, 9.17) is 9.47 Å². The first-order chi connectivity index (χ1) is 17.6. The van der Waals surface area contributed by atoms with Crippen LogP contribution in [0.5, 0.6) is 0 Å². The molecule has 10 nitrogen and oxygen atoms in total. The summed E-state index contributed by atoms with van der Waals surface area (Å²) in [7, 11) is -2.71. The van der Waals surface area contributed by atoms with Gasteiger partial charge in [-0.2, -0.15) is 0 Å². The molecule has 11 heteroatoms. The molecule has 0 saturated heterocycles. The summed E-state index contributed by atoms with van der Waals surface area (Å²) in [6.07, 6.45) is 1.67. The van der Waals surface area contributed by atoms with Crippen molar-refractivity contribution in [2.75, 3.05) is 13.7 Å². The lowest BCUT2D eigenvalue weighted by Gasteiger charge is -2.18. The molecule has 2 aromatic carbocycles. The van der Waals surface area contributed by atoms with Gasteiger partial charge >= 0.3 is 11.9 Å². The van der Waals surface area contributed by atoms with Gasteiger partial charge in [-0.15, -0.1) is 0 Å². The number of benzene rings is 2. The first-order valence-corrected chi connectivity index (χ1v) is 13.5. The van der Waals surface area contributed by atoms with Crippen LogP contribution >= 0.6 is 0 Å². The Kier molecular flexibility index (Phi) is 8.82. The fourth-order valence-electron chi connectivity index (χ4n) is 4.12. The van der Waals surface area contributed by atoms with Crippen molar-refractivity contribution < 1.29 is 27.5 Å². The summed E-state index contributed by atoms with van der Waals surface area (Å²) in [6, 6.07) is 7.55. The van der Waals surface area contributed by atoms with E-state index in [0.29, 0.717) is 17.5 Å². The average Bonchev–Trinajstić information content (AvgIpc) is 2.86. The van der Waals surface area contributed by atoms with Crippen LogP contribution in [0.3, 0.4) is 0 Å². The van der Waals surface area contributed by atoms with Crippen LogP contribution in [0.15, 0.2) is 40.0 Å². The van der Waals surface area contributed by atoms with Crippen LogP contribution in [0, 0.1) is 13.8 Å². The Balaban J connectivity index is 2.36. The van der Waals surface area contributed by atoms with Gasteiger partial charge in [0.05, 0.1) is 28.8 Å². The summed E-state index contributed by atoms with van der Waals surface area (Å²) in [6.45, 7) is 6.78. The Bertz CT molecular complexity index is 1510. The summed E-state index contributed by atoms with van der Waals surface area (Å²) in [5.74, 6) is -0.981. The number of hydrogen-bond donors (Lipinski definition) is 1. The molecule has 0 amide bonds. The highest BCUT2D eigenvalue weighted by Crippen LogP contribution is 2.26. The molecular formula is C26H31N3O7S. The lowest BCUT2D eigenvalue weighted by atomic mass is 9.98. The van der Waals surface area contributed by atoms with E-state index in [-0.39, 0.29) is 52.5 Å². The Morgan fingerprint density at radius 3 is 2.46 bits per heavy atom. The van der Waals surface area contributed by atoms with Crippen LogP contribution in [0.25, 0.3) is 16.6 Å². The third-order valence-corrected chi connectivity index (χ3v) is 7.38. The smallest absolute Gasteiger partial charge is 0.338 e. The van der Waals surface area contributed by atoms with Crippen molar-refractivity contribution in [3.8, 4) is 5.69 Å². The molecule has 37 heavy (non-hydrogen) atoms. The lowest BCUT2D eigenvalue weighted by Crippen LogP contribution is -2.29. The molecule has 0 aliphatic carbocycles. The second-order valence-electron chi connectivity index (χ2n) is 8.42. The molecule has 0 fully saturated rings. The molecule has 3 aromatic rings. The maximum absolute atomic E-state index is 14.0. The van der Waals surface area contributed by atoms with Gasteiger partial charge in [-0.25, -0.2) is 22.9 Å². The Hall–Kier alpha value is -3.57. The lowest BCUT2D eigenvalue weighted by molar-refractivity contribution is -0.145. The molecule has 1 heterocycles. The number of esters is 2. The summed E-state index contributed by atoms with van der Waals surface area (Å²) in [4.78, 5) is 43.4. The van der Waals surface area contributed by atoms with Crippen molar-refractivity contribution in [2.45, 2.75) is 58.5 Å². The molecule has 1 aromatic heterocycles. The number of aromatic nitrogens is 2. The SMILES string of the molecule is CCCCC(=O)OCc1nc2cc(C)c(C(=O)OCC)c(C)c2c(=O)n1-c1ccccc1S(=O)(=O)NC. The molecule has 0 spiro atoms. The second-order valence-corrected chi connectivity index (χ2v) is 10.3. The van der Waals surface area contributed by atoms with E-state index in [1.807, 2.05) is 6.92 Å². The highest BCUT2D eigenvalue weighted by molar-refractivity contribution is 7.89. The van der Waals surface area contributed by atoms with Crippen molar-refractivity contribution in [3.05, 3.63) is 63.2 Å². The molecule has 0 bridgehead atoms. The van der Waals surface area contributed by atoms with Gasteiger partial charge < -0.3 is 9.47 Å². The number of hydrogen-bond acceptors (Lipinski definition) is 8. The number of para-hydroxylation sites is 1. The Morgan fingerprint density at radius 2 is 1.81 bits per heavy atom. The third kappa shape index (κ3) is 5.72. The standard InChI is InChI=1S/C26H31N3O7S/c1-6-8-13-22(30)36-15-21-28-18-14-16(3)23(26(32)35-7-2)17(4)24(18)25(31)29(21)19-11-9-10-12-20(19)37(33,34)27-5/h9-12,14,27H,6-8,13,15H2,1-5H3. The zero-order valence-electron chi connectivity index (χ0n) is 21.6. The maximum Gasteiger partial charge on any atom is 0.338 e. The summed E-state index contributed by atoms with van der Waals surface area (Å²) in [5.41, 5.74) is 0.893. The van der Waals surface area contributed by atoms with Crippen LogP contribution < -0.4 is 10.3 Å².